The van der Waals surface area contributed by atoms with Crippen LogP contribution in [0.4, 0.5) is 5.13 Å². The van der Waals surface area contributed by atoms with Crippen molar-refractivity contribution >= 4 is 57.5 Å². The lowest BCUT2D eigenvalue weighted by molar-refractivity contribution is 0.475. The Balaban J connectivity index is 1.94. The van der Waals surface area contributed by atoms with Gasteiger partial charge in [-0.2, -0.15) is 0 Å². The predicted octanol–water partition coefficient (Wildman–Crippen LogP) is 7.45. The fourth-order valence-corrected chi connectivity index (χ4v) is 4.48. The highest BCUT2D eigenvalue weighted by molar-refractivity contribution is 7.15. The second-order valence-electron chi connectivity index (χ2n) is 7.41. The van der Waals surface area contributed by atoms with Crippen molar-refractivity contribution in [1.29, 1.82) is 0 Å². The third-order valence-corrected chi connectivity index (χ3v) is 5.77. The molecule has 0 spiro atoms. The number of hydrogen-bond acceptors (Lipinski definition) is 4. The van der Waals surface area contributed by atoms with Crippen LogP contribution in [0.2, 0.25) is 15.1 Å². The summed E-state index contributed by atoms with van der Waals surface area (Å²) in [6.07, 6.45) is 2.29. The molecule has 2 aromatic carbocycles. The summed E-state index contributed by atoms with van der Waals surface area (Å²) in [7, 11) is 0. The Bertz CT molecular complexity index is 1020. The lowest BCUT2D eigenvalue weighted by Crippen LogP contribution is -2.14. The van der Waals surface area contributed by atoms with Gasteiger partial charge >= 0.3 is 0 Å². The standard InChI is InChI=1S/C21H19Cl3N2OS/c1-21(2,3)19-17(8-12-4-6-14(22)7-5-12)28-20(26-19)25-11-13-9-15(23)10-16(24)18(13)27/h4-7,9-11,27H,8H2,1-3H3/b25-11+. The Hall–Kier alpha value is -1.59. The number of aliphatic imine (C=N–C) groups is 1. The molecule has 1 N–H and O–H groups in total. The predicted molar refractivity (Wildman–Crippen MR) is 120 cm³/mol. The molecular weight excluding hydrogens is 435 g/mol. The van der Waals surface area contributed by atoms with E-state index < -0.39 is 0 Å². The number of aromatic hydroxyl groups is 1. The van der Waals surface area contributed by atoms with Gasteiger partial charge in [-0.3, -0.25) is 0 Å². The van der Waals surface area contributed by atoms with Crippen LogP contribution in [-0.4, -0.2) is 16.3 Å². The smallest absolute Gasteiger partial charge is 0.209 e. The molecule has 0 aliphatic carbocycles. The summed E-state index contributed by atoms with van der Waals surface area (Å²) in [5.74, 6) is -0.0520. The van der Waals surface area contributed by atoms with E-state index in [4.69, 9.17) is 39.8 Å². The van der Waals surface area contributed by atoms with Crippen molar-refractivity contribution in [3.8, 4) is 5.75 Å². The number of hydrogen-bond donors (Lipinski definition) is 1. The van der Waals surface area contributed by atoms with Crippen LogP contribution in [0.15, 0.2) is 41.4 Å². The fourth-order valence-electron chi connectivity index (χ4n) is 2.70. The molecule has 0 saturated carbocycles. The molecule has 28 heavy (non-hydrogen) atoms. The quantitative estimate of drug-likeness (QED) is 0.417. The average molecular weight is 454 g/mol. The molecule has 7 heteroatoms. The molecule has 0 fully saturated rings. The zero-order chi connectivity index (χ0) is 20.5. The highest BCUT2D eigenvalue weighted by Crippen LogP contribution is 2.36. The SMILES string of the molecule is CC(C)(C)c1nc(/N=C/c2cc(Cl)cc(Cl)c2O)sc1Cc1ccc(Cl)cc1. The number of halogens is 3. The van der Waals surface area contributed by atoms with E-state index in [1.807, 2.05) is 24.3 Å². The first-order valence-electron chi connectivity index (χ1n) is 8.60. The number of phenolic OH excluding ortho intramolecular Hbond substituents is 1. The Morgan fingerprint density at radius 3 is 2.39 bits per heavy atom. The minimum atomic E-state index is -0.118. The van der Waals surface area contributed by atoms with E-state index >= 15 is 0 Å². The lowest BCUT2D eigenvalue weighted by atomic mass is 9.90. The summed E-state index contributed by atoms with van der Waals surface area (Å²) in [5.41, 5.74) is 2.50. The third-order valence-electron chi connectivity index (χ3n) is 4.05. The van der Waals surface area contributed by atoms with Crippen LogP contribution in [-0.2, 0) is 11.8 Å². The van der Waals surface area contributed by atoms with Gasteiger partial charge in [-0.15, -0.1) is 0 Å². The van der Waals surface area contributed by atoms with E-state index in [-0.39, 0.29) is 16.2 Å². The zero-order valence-corrected chi connectivity index (χ0v) is 18.7. The first-order valence-corrected chi connectivity index (χ1v) is 10.6. The van der Waals surface area contributed by atoms with Gasteiger partial charge in [0.1, 0.15) is 5.75 Å². The van der Waals surface area contributed by atoms with Gasteiger partial charge in [-0.1, -0.05) is 79.0 Å². The van der Waals surface area contributed by atoms with Gasteiger partial charge in [0, 0.05) is 38.5 Å². The van der Waals surface area contributed by atoms with E-state index in [2.05, 4.69) is 25.8 Å². The Morgan fingerprint density at radius 1 is 1.07 bits per heavy atom. The van der Waals surface area contributed by atoms with Crippen molar-refractivity contribution in [2.24, 2.45) is 4.99 Å². The van der Waals surface area contributed by atoms with Gasteiger partial charge in [0.15, 0.2) is 0 Å². The van der Waals surface area contributed by atoms with Crippen LogP contribution in [0.5, 0.6) is 5.75 Å². The molecule has 1 aromatic heterocycles. The topological polar surface area (TPSA) is 45.5 Å². The van der Waals surface area contributed by atoms with Gasteiger partial charge < -0.3 is 5.11 Å². The highest BCUT2D eigenvalue weighted by atomic mass is 35.5. The molecule has 0 aliphatic heterocycles. The number of rotatable bonds is 4. The molecular formula is C21H19Cl3N2OS. The van der Waals surface area contributed by atoms with Gasteiger partial charge in [-0.05, 0) is 29.8 Å². The minimum absolute atomic E-state index is 0.0520. The maximum Gasteiger partial charge on any atom is 0.209 e. The number of phenols is 1. The van der Waals surface area contributed by atoms with Crippen molar-refractivity contribution in [2.45, 2.75) is 32.6 Å². The van der Waals surface area contributed by atoms with Crippen molar-refractivity contribution in [1.82, 2.24) is 4.98 Å². The van der Waals surface area contributed by atoms with Gasteiger partial charge in [-0.25, -0.2) is 9.98 Å². The van der Waals surface area contributed by atoms with Gasteiger partial charge in [0.05, 0.1) is 10.7 Å². The van der Waals surface area contributed by atoms with Crippen molar-refractivity contribution in [3.63, 3.8) is 0 Å². The number of nitrogens with zero attached hydrogens (tertiary/aromatic N) is 2. The monoisotopic (exact) mass is 452 g/mol. The summed E-state index contributed by atoms with van der Waals surface area (Å²) in [6.45, 7) is 6.39. The van der Waals surface area contributed by atoms with Crippen LogP contribution in [0.25, 0.3) is 0 Å². The molecule has 3 rings (SSSR count). The largest absolute Gasteiger partial charge is 0.506 e. The molecule has 3 aromatic rings. The molecule has 0 amide bonds. The van der Waals surface area contributed by atoms with Crippen LogP contribution in [0.1, 0.15) is 42.5 Å². The van der Waals surface area contributed by atoms with Crippen LogP contribution < -0.4 is 0 Å². The summed E-state index contributed by atoms with van der Waals surface area (Å²) in [5, 5.41) is 12.0. The van der Waals surface area contributed by atoms with Crippen LogP contribution >= 0.6 is 46.1 Å². The molecule has 0 radical (unpaired) electrons. The molecule has 0 aliphatic rings. The molecule has 0 atom stereocenters. The molecule has 0 bridgehead atoms. The summed E-state index contributed by atoms with van der Waals surface area (Å²) >= 11 is 19.5. The molecule has 146 valence electrons. The first-order chi connectivity index (χ1) is 13.1. The van der Waals surface area contributed by atoms with Crippen LogP contribution in [0.3, 0.4) is 0 Å². The summed E-state index contributed by atoms with van der Waals surface area (Å²) in [4.78, 5) is 10.3. The summed E-state index contributed by atoms with van der Waals surface area (Å²) in [6, 6.07) is 10.9. The van der Waals surface area contributed by atoms with Crippen molar-refractivity contribution in [3.05, 3.63) is 73.2 Å². The molecule has 0 saturated heterocycles. The van der Waals surface area contributed by atoms with E-state index in [0.717, 1.165) is 27.6 Å². The number of benzene rings is 2. The maximum atomic E-state index is 10.1. The normalized spacial score (nSPS) is 12.1. The Kier molecular flexibility index (Phi) is 6.35. The minimum Gasteiger partial charge on any atom is -0.506 e. The van der Waals surface area contributed by atoms with Gasteiger partial charge in [0.2, 0.25) is 5.13 Å². The molecule has 1 heterocycles. The van der Waals surface area contributed by atoms with E-state index in [1.165, 1.54) is 23.6 Å². The third kappa shape index (κ3) is 5.06. The number of thiazole rings is 1. The second kappa shape index (κ2) is 8.42. The highest BCUT2D eigenvalue weighted by Gasteiger charge is 2.23. The van der Waals surface area contributed by atoms with E-state index in [9.17, 15) is 5.11 Å². The zero-order valence-electron chi connectivity index (χ0n) is 15.6. The van der Waals surface area contributed by atoms with E-state index in [1.54, 1.807) is 6.07 Å². The Labute approximate surface area is 183 Å². The number of aromatic nitrogens is 1. The van der Waals surface area contributed by atoms with Crippen LogP contribution in [0, 0.1) is 0 Å². The average Bonchev–Trinajstić information content (AvgIpc) is 3.02. The van der Waals surface area contributed by atoms with Crippen molar-refractivity contribution in [2.75, 3.05) is 0 Å². The Morgan fingerprint density at radius 2 is 1.75 bits per heavy atom. The second-order valence-corrected chi connectivity index (χ2v) is 9.75. The van der Waals surface area contributed by atoms with E-state index in [0.29, 0.717) is 15.7 Å². The fraction of sp³-hybridized carbons (Fsp3) is 0.238. The van der Waals surface area contributed by atoms with Gasteiger partial charge in [0.25, 0.3) is 0 Å². The van der Waals surface area contributed by atoms with Crippen molar-refractivity contribution < 1.29 is 5.11 Å². The molecule has 3 nitrogen and oxygen atoms in total. The first kappa shape index (κ1) is 21.1. The molecule has 0 unspecified atom stereocenters. The maximum absolute atomic E-state index is 10.1. The summed E-state index contributed by atoms with van der Waals surface area (Å²) < 4.78 is 0. The lowest BCUT2D eigenvalue weighted by Gasteiger charge is -2.17.